The van der Waals surface area contributed by atoms with Crippen molar-refractivity contribution in [3.8, 4) is 21.7 Å². The quantitative estimate of drug-likeness (QED) is 0.256. The Bertz CT molecular complexity index is 1610. The second-order valence-corrected chi connectivity index (χ2v) is 11.3. The van der Waals surface area contributed by atoms with Crippen LogP contribution >= 0.6 is 22.9 Å². The van der Waals surface area contributed by atoms with Gasteiger partial charge in [-0.05, 0) is 68.7 Å². The van der Waals surface area contributed by atoms with E-state index in [0.29, 0.717) is 16.1 Å². The fourth-order valence-electron chi connectivity index (χ4n) is 4.06. The zero-order chi connectivity index (χ0) is 27.1. The normalized spacial score (nSPS) is 11.6. The van der Waals surface area contributed by atoms with Crippen molar-refractivity contribution in [1.29, 1.82) is 0 Å². The number of pyridine rings is 1. The molecule has 0 bridgehead atoms. The number of carboxylic acid groups (broad SMARTS) is 1. The summed E-state index contributed by atoms with van der Waals surface area (Å²) in [7, 11) is 1.86. The van der Waals surface area contributed by atoms with Gasteiger partial charge in [0.1, 0.15) is 16.5 Å². The molecule has 3 heterocycles. The van der Waals surface area contributed by atoms with Gasteiger partial charge in [0.15, 0.2) is 0 Å². The average Bonchev–Trinajstić information content (AvgIpc) is 3.34. The van der Waals surface area contributed by atoms with E-state index in [2.05, 4.69) is 4.98 Å². The summed E-state index contributed by atoms with van der Waals surface area (Å²) in [6, 6.07) is 10.7. The van der Waals surface area contributed by atoms with Crippen LogP contribution in [0, 0.1) is 12.7 Å². The summed E-state index contributed by atoms with van der Waals surface area (Å²) in [6.07, 6.45) is 2.99. The number of hydrogen-bond donors (Lipinski definition) is 2. The van der Waals surface area contributed by atoms with Crippen LogP contribution in [0.2, 0.25) is 5.02 Å². The maximum Gasteiger partial charge on any atom is 0.307 e. The Morgan fingerprint density at radius 3 is 2.46 bits per heavy atom. The number of aromatic nitrogens is 3. The molecule has 0 spiro atoms. The van der Waals surface area contributed by atoms with E-state index in [9.17, 15) is 14.3 Å². The molecule has 0 unspecified atom stereocenters. The minimum atomic E-state index is -0.900. The van der Waals surface area contributed by atoms with Gasteiger partial charge in [0.05, 0.1) is 28.4 Å². The smallest absolute Gasteiger partial charge is 0.307 e. The van der Waals surface area contributed by atoms with Crippen LogP contribution in [0.1, 0.15) is 31.9 Å². The molecule has 37 heavy (non-hydrogen) atoms. The molecule has 192 valence electrons. The number of carboxylic acids is 1. The molecule has 0 aliphatic heterocycles. The molecular formula is C28H27ClFN3O3S. The van der Waals surface area contributed by atoms with E-state index in [1.54, 1.807) is 32.9 Å². The first-order valence-corrected chi connectivity index (χ1v) is 12.8. The first-order valence-electron chi connectivity index (χ1n) is 11.6. The zero-order valence-electron chi connectivity index (χ0n) is 21.1. The number of aliphatic hydroxyl groups is 1. The molecule has 0 atom stereocenters. The molecule has 3 aromatic heterocycles. The van der Waals surface area contributed by atoms with Crippen molar-refractivity contribution in [3.63, 3.8) is 0 Å². The summed E-state index contributed by atoms with van der Waals surface area (Å²) in [6.45, 7) is 7.13. The Labute approximate surface area is 223 Å². The van der Waals surface area contributed by atoms with Gasteiger partial charge in [-0.15, -0.1) is 11.3 Å². The molecule has 0 amide bonds. The number of aliphatic carboxylic acids is 1. The Kier molecular flexibility index (Phi) is 7.37. The van der Waals surface area contributed by atoms with E-state index in [1.165, 1.54) is 23.6 Å². The summed E-state index contributed by atoms with van der Waals surface area (Å²) in [5.41, 5.74) is 5.03. The van der Waals surface area contributed by atoms with Crippen molar-refractivity contribution < 1.29 is 19.4 Å². The molecule has 0 radical (unpaired) electrons. The Balaban J connectivity index is 0.000000586. The third-order valence-corrected chi connectivity index (χ3v) is 6.86. The molecule has 0 saturated heterocycles. The topological polar surface area (TPSA) is 88.2 Å². The van der Waals surface area contributed by atoms with Crippen LogP contribution in [0.15, 0.2) is 48.8 Å². The van der Waals surface area contributed by atoms with Gasteiger partial charge in [-0.2, -0.15) is 0 Å². The molecule has 9 heteroatoms. The van der Waals surface area contributed by atoms with Crippen molar-refractivity contribution >= 4 is 50.2 Å². The number of aryl methyl sites for hydroxylation is 2. The lowest BCUT2D eigenvalue weighted by Gasteiger charge is -2.13. The standard InChI is InChI=1S/C24H17ClFN3O2S.C4H10O/c1-12-7-19-22(21(16(12)9-20(30)31)13-3-5-14(25)6-4-13)32-24(28-19)18-11-29(2)23-17(18)8-15(26)10-27-23;1-4(2,3)5/h3-8,10-11H,9H2,1-2H3,(H,30,31);5H,1-3H3. The third-order valence-electron chi connectivity index (χ3n) is 5.48. The molecule has 2 aromatic carbocycles. The van der Waals surface area contributed by atoms with Gasteiger partial charge < -0.3 is 14.8 Å². The molecule has 0 aliphatic carbocycles. The van der Waals surface area contributed by atoms with Crippen molar-refractivity contribution in [1.82, 2.24) is 14.5 Å². The highest BCUT2D eigenvalue weighted by atomic mass is 35.5. The summed E-state index contributed by atoms with van der Waals surface area (Å²) in [5, 5.41) is 20.1. The molecule has 6 nitrogen and oxygen atoms in total. The van der Waals surface area contributed by atoms with E-state index in [4.69, 9.17) is 21.7 Å². The van der Waals surface area contributed by atoms with Crippen LogP contribution in [0.5, 0.6) is 0 Å². The summed E-state index contributed by atoms with van der Waals surface area (Å²) in [4.78, 5) is 20.7. The van der Waals surface area contributed by atoms with E-state index in [1.807, 2.05) is 42.9 Å². The highest BCUT2D eigenvalue weighted by molar-refractivity contribution is 7.22. The fourth-order valence-corrected chi connectivity index (χ4v) is 5.35. The van der Waals surface area contributed by atoms with Crippen LogP contribution in [-0.4, -0.2) is 36.3 Å². The first-order chi connectivity index (χ1) is 17.3. The molecule has 5 rings (SSSR count). The summed E-state index contributed by atoms with van der Waals surface area (Å²) < 4.78 is 16.7. The maximum atomic E-state index is 13.9. The molecule has 0 fully saturated rings. The van der Waals surface area contributed by atoms with Gasteiger partial charge in [-0.25, -0.2) is 14.4 Å². The molecule has 5 aromatic rings. The Morgan fingerprint density at radius 2 is 1.84 bits per heavy atom. The van der Waals surface area contributed by atoms with Crippen molar-refractivity contribution in [2.75, 3.05) is 0 Å². The largest absolute Gasteiger partial charge is 0.481 e. The van der Waals surface area contributed by atoms with Crippen molar-refractivity contribution in [2.45, 2.75) is 39.7 Å². The van der Waals surface area contributed by atoms with Crippen molar-refractivity contribution in [3.05, 3.63) is 70.8 Å². The third kappa shape index (κ3) is 5.98. The number of rotatable bonds is 4. The number of fused-ring (bicyclic) bond motifs is 2. The van der Waals surface area contributed by atoms with Gasteiger partial charge in [0.2, 0.25) is 0 Å². The monoisotopic (exact) mass is 539 g/mol. The lowest BCUT2D eigenvalue weighted by atomic mass is 9.93. The number of hydrogen-bond acceptors (Lipinski definition) is 5. The predicted octanol–water partition coefficient (Wildman–Crippen LogP) is 7.02. The minimum absolute atomic E-state index is 0.101. The number of halogens is 2. The highest BCUT2D eigenvalue weighted by Crippen LogP contribution is 2.42. The van der Waals surface area contributed by atoms with Gasteiger partial charge in [-0.1, -0.05) is 23.7 Å². The highest BCUT2D eigenvalue weighted by Gasteiger charge is 2.21. The molecule has 0 saturated carbocycles. The van der Waals surface area contributed by atoms with Gasteiger partial charge in [0.25, 0.3) is 0 Å². The summed E-state index contributed by atoms with van der Waals surface area (Å²) in [5.74, 6) is -1.31. The van der Waals surface area contributed by atoms with Crippen LogP contribution in [0.3, 0.4) is 0 Å². The lowest BCUT2D eigenvalue weighted by molar-refractivity contribution is -0.136. The van der Waals surface area contributed by atoms with Crippen LogP contribution < -0.4 is 0 Å². The molecule has 0 aliphatic rings. The van der Waals surface area contributed by atoms with Crippen LogP contribution in [0.25, 0.3) is 42.9 Å². The molecular weight excluding hydrogens is 513 g/mol. The first kappa shape index (κ1) is 26.7. The van der Waals surface area contributed by atoms with E-state index in [0.717, 1.165) is 43.0 Å². The summed E-state index contributed by atoms with van der Waals surface area (Å²) >= 11 is 7.54. The van der Waals surface area contributed by atoms with Crippen molar-refractivity contribution in [2.24, 2.45) is 7.05 Å². The zero-order valence-corrected chi connectivity index (χ0v) is 22.7. The second kappa shape index (κ2) is 10.2. The van der Waals surface area contributed by atoms with E-state index in [-0.39, 0.29) is 6.42 Å². The van der Waals surface area contributed by atoms with E-state index < -0.39 is 17.4 Å². The Morgan fingerprint density at radius 1 is 1.19 bits per heavy atom. The maximum absolute atomic E-state index is 13.9. The van der Waals surface area contributed by atoms with Gasteiger partial charge in [0, 0.05) is 34.8 Å². The number of thiazole rings is 1. The average molecular weight is 540 g/mol. The predicted molar refractivity (Wildman–Crippen MR) is 148 cm³/mol. The number of nitrogens with zero attached hydrogens (tertiary/aromatic N) is 3. The van der Waals surface area contributed by atoms with Gasteiger partial charge in [-0.3, -0.25) is 4.79 Å². The second-order valence-electron chi connectivity index (χ2n) is 9.84. The van der Waals surface area contributed by atoms with Crippen LogP contribution in [0.4, 0.5) is 4.39 Å². The Hall–Kier alpha value is -3.33. The lowest BCUT2D eigenvalue weighted by Crippen LogP contribution is -2.10. The number of benzene rings is 2. The number of carbonyl (C=O) groups is 1. The molecule has 2 N–H and O–H groups in total. The van der Waals surface area contributed by atoms with Crippen LogP contribution in [-0.2, 0) is 18.3 Å². The van der Waals surface area contributed by atoms with Gasteiger partial charge >= 0.3 is 5.97 Å². The van der Waals surface area contributed by atoms with E-state index >= 15 is 0 Å². The fraction of sp³-hybridized carbons (Fsp3) is 0.250. The minimum Gasteiger partial charge on any atom is -0.481 e. The SMILES string of the molecule is CC(C)(C)O.Cc1cc2nc(-c3cn(C)c4ncc(F)cc34)sc2c(-c2ccc(Cl)cc2)c1CC(=O)O.